The molecule has 1 heterocycles. The molecular formula is C15H22N2. The van der Waals surface area contributed by atoms with Crippen molar-refractivity contribution in [1.29, 1.82) is 0 Å². The van der Waals surface area contributed by atoms with E-state index in [9.17, 15) is 0 Å². The normalized spacial score (nSPS) is 32.2. The Hall–Kier alpha value is -0.890. The molecule has 2 aliphatic carbocycles. The van der Waals surface area contributed by atoms with Crippen molar-refractivity contribution >= 4 is 0 Å². The van der Waals surface area contributed by atoms with Gasteiger partial charge in [-0.15, -0.1) is 0 Å². The molecule has 2 fully saturated rings. The van der Waals surface area contributed by atoms with Crippen LogP contribution in [0.5, 0.6) is 0 Å². The largest absolute Gasteiger partial charge is 0.327 e. The summed E-state index contributed by atoms with van der Waals surface area (Å²) in [6.45, 7) is 2.16. The summed E-state index contributed by atoms with van der Waals surface area (Å²) < 4.78 is 0. The molecule has 17 heavy (non-hydrogen) atoms. The number of aryl methyl sites for hydroxylation is 1. The van der Waals surface area contributed by atoms with Crippen LogP contribution in [0.25, 0.3) is 0 Å². The molecule has 3 unspecified atom stereocenters. The van der Waals surface area contributed by atoms with Crippen LogP contribution >= 0.6 is 0 Å². The lowest BCUT2D eigenvalue weighted by Crippen LogP contribution is -2.27. The number of pyridine rings is 1. The molecule has 0 spiro atoms. The van der Waals surface area contributed by atoms with Crippen LogP contribution in [-0.2, 0) is 12.8 Å². The summed E-state index contributed by atoms with van der Waals surface area (Å²) in [5.41, 5.74) is 8.81. The maximum absolute atomic E-state index is 6.33. The van der Waals surface area contributed by atoms with Gasteiger partial charge in [0.25, 0.3) is 0 Å². The number of fused-ring (bicyclic) bond motifs is 1. The fraction of sp³-hybridized carbons (Fsp3) is 0.667. The predicted octanol–water partition coefficient (Wildman–Crippen LogP) is 2.56. The third-order valence-electron chi connectivity index (χ3n) is 4.71. The Balaban J connectivity index is 1.59. The summed E-state index contributed by atoms with van der Waals surface area (Å²) in [4.78, 5) is 4.51. The lowest BCUT2D eigenvalue weighted by molar-refractivity contribution is 0.481. The van der Waals surface area contributed by atoms with E-state index < -0.39 is 0 Å². The molecule has 0 saturated heterocycles. The molecule has 3 rings (SSSR count). The van der Waals surface area contributed by atoms with Crippen LogP contribution in [0.15, 0.2) is 18.3 Å². The minimum atomic E-state index is 0.338. The smallest absolute Gasteiger partial charge is 0.0419 e. The summed E-state index contributed by atoms with van der Waals surface area (Å²) >= 11 is 0. The number of aromatic nitrogens is 1. The maximum atomic E-state index is 6.33. The fourth-order valence-electron chi connectivity index (χ4n) is 3.67. The Morgan fingerprint density at radius 1 is 1.35 bits per heavy atom. The number of rotatable bonds is 4. The predicted molar refractivity (Wildman–Crippen MR) is 69.6 cm³/mol. The van der Waals surface area contributed by atoms with Crippen molar-refractivity contribution in [1.82, 2.24) is 4.98 Å². The zero-order valence-corrected chi connectivity index (χ0v) is 10.6. The van der Waals surface area contributed by atoms with Gasteiger partial charge in [-0.25, -0.2) is 0 Å². The van der Waals surface area contributed by atoms with Crippen molar-refractivity contribution in [2.24, 2.45) is 23.5 Å². The summed E-state index contributed by atoms with van der Waals surface area (Å²) in [6, 6.07) is 4.67. The van der Waals surface area contributed by atoms with Crippen molar-refractivity contribution in [3.63, 3.8) is 0 Å². The Morgan fingerprint density at radius 3 is 2.71 bits per heavy atom. The van der Waals surface area contributed by atoms with Gasteiger partial charge in [-0.2, -0.15) is 0 Å². The quantitative estimate of drug-likeness (QED) is 0.863. The first-order chi connectivity index (χ1) is 8.29. The molecule has 2 aliphatic rings. The minimum Gasteiger partial charge on any atom is -0.327 e. The highest BCUT2D eigenvalue weighted by molar-refractivity contribution is 5.16. The second-order valence-electron chi connectivity index (χ2n) is 5.72. The van der Waals surface area contributed by atoms with E-state index in [2.05, 4.69) is 24.0 Å². The minimum absolute atomic E-state index is 0.338. The van der Waals surface area contributed by atoms with Gasteiger partial charge in [-0.1, -0.05) is 19.4 Å². The molecule has 0 bridgehead atoms. The Morgan fingerprint density at radius 2 is 2.12 bits per heavy atom. The van der Waals surface area contributed by atoms with Gasteiger partial charge in [0, 0.05) is 24.4 Å². The highest BCUT2D eigenvalue weighted by Crippen LogP contribution is 2.58. The number of hydrogen-bond acceptors (Lipinski definition) is 2. The van der Waals surface area contributed by atoms with Gasteiger partial charge in [0.05, 0.1) is 0 Å². The second-order valence-corrected chi connectivity index (χ2v) is 5.72. The van der Waals surface area contributed by atoms with Gasteiger partial charge >= 0.3 is 0 Å². The van der Waals surface area contributed by atoms with Gasteiger partial charge in [-0.05, 0) is 48.6 Å². The first-order valence-corrected chi connectivity index (χ1v) is 6.99. The zero-order valence-electron chi connectivity index (χ0n) is 10.6. The van der Waals surface area contributed by atoms with Gasteiger partial charge in [0.15, 0.2) is 0 Å². The van der Waals surface area contributed by atoms with Crippen LogP contribution in [0.1, 0.15) is 37.4 Å². The van der Waals surface area contributed by atoms with Crippen molar-refractivity contribution in [2.75, 3.05) is 0 Å². The summed E-state index contributed by atoms with van der Waals surface area (Å²) in [6.07, 6.45) is 8.29. The topological polar surface area (TPSA) is 38.9 Å². The maximum Gasteiger partial charge on any atom is 0.0419 e. The van der Waals surface area contributed by atoms with Crippen LogP contribution in [0.3, 0.4) is 0 Å². The van der Waals surface area contributed by atoms with Gasteiger partial charge < -0.3 is 5.73 Å². The standard InChI is InChI=1S/C15H22N2/c1-2-10-6-7-11(17-9-10)8-14(16)15-12-4-3-5-13(12)15/h6-7,9,12-15H,2-5,8,16H2,1H3. The second kappa shape index (κ2) is 4.41. The first-order valence-electron chi connectivity index (χ1n) is 6.99. The van der Waals surface area contributed by atoms with Crippen molar-refractivity contribution < 1.29 is 0 Å². The molecule has 2 heteroatoms. The molecule has 0 aromatic carbocycles. The molecule has 2 N–H and O–H groups in total. The highest BCUT2D eigenvalue weighted by Gasteiger charge is 2.54. The van der Waals surface area contributed by atoms with Crippen LogP contribution in [0, 0.1) is 17.8 Å². The van der Waals surface area contributed by atoms with Crippen molar-refractivity contribution in [2.45, 2.75) is 45.1 Å². The molecule has 0 amide bonds. The van der Waals surface area contributed by atoms with Crippen LogP contribution in [-0.4, -0.2) is 11.0 Å². The molecular weight excluding hydrogens is 208 g/mol. The van der Waals surface area contributed by atoms with Crippen LogP contribution < -0.4 is 5.73 Å². The lowest BCUT2D eigenvalue weighted by Gasteiger charge is -2.13. The third-order valence-corrected chi connectivity index (χ3v) is 4.71. The molecule has 2 nitrogen and oxygen atoms in total. The van der Waals surface area contributed by atoms with E-state index in [1.807, 2.05) is 6.20 Å². The molecule has 1 aromatic heterocycles. The van der Waals surface area contributed by atoms with E-state index in [0.29, 0.717) is 6.04 Å². The Bertz CT molecular complexity index is 374. The Labute approximate surface area is 104 Å². The SMILES string of the molecule is CCc1ccc(CC(N)C2C3CCCC32)nc1. The van der Waals surface area contributed by atoms with E-state index in [1.165, 1.54) is 30.5 Å². The summed E-state index contributed by atoms with van der Waals surface area (Å²) in [5, 5.41) is 0. The van der Waals surface area contributed by atoms with Gasteiger partial charge in [0.2, 0.25) is 0 Å². The van der Waals surface area contributed by atoms with E-state index >= 15 is 0 Å². The molecule has 2 saturated carbocycles. The van der Waals surface area contributed by atoms with E-state index in [0.717, 1.165) is 30.6 Å². The highest BCUT2D eigenvalue weighted by atomic mass is 14.8. The van der Waals surface area contributed by atoms with E-state index in [-0.39, 0.29) is 0 Å². The monoisotopic (exact) mass is 230 g/mol. The lowest BCUT2D eigenvalue weighted by atomic mass is 10.00. The summed E-state index contributed by atoms with van der Waals surface area (Å²) in [7, 11) is 0. The van der Waals surface area contributed by atoms with Crippen molar-refractivity contribution in [3.8, 4) is 0 Å². The van der Waals surface area contributed by atoms with Crippen molar-refractivity contribution in [3.05, 3.63) is 29.6 Å². The number of nitrogens with zero attached hydrogens (tertiary/aromatic N) is 1. The molecule has 3 atom stereocenters. The number of nitrogens with two attached hydrogens (primary N) is 1. The summed E-state index contributed by atoms with van der Waals surface area (Å²) in [5.74, 6) is 2.72. The van der Waals surface area contributed by atoms with Crippen LogP contribution in [0.2, 0.25) is 0 Å². The first kappa shape index (κ1) is 11.2. The third kappa shape index (κ3) is 2.11. The molecule has 0 radical (unpaired) electrons. The average molecular weight is 230 g/mol. The van der Waals surface area contributed by atoms with Gasteiger partial charge in [0.1, 0.15) is 0 Å². The number of hydrogen-bond donors (Lipinski definition) is 1. The molecule has 0 aliphatic heterocycles. The van der Waals surface area contributed by atoms with Crippen LogP contribution in [0.4, 0.5) is 0 Å². The van der Waals surface area contributed by atoms with E-state index in [4.69, 9.17) is 5.73 Å². The molecule has 92 valence electrons. The molecule has 1 aromatic rings. The van der Waals surface area contributed by atoms with E-state index in [1.54, 1.807) is 0 Å². The average Bonchev–Trinajstić information content (AvgIpc) is 2.85. The fourth-order valence-corrected chi connectivity index (χ4v) is 3.67. The van der Waals surface area contributed by atoms with Gasteiger partial charge in [-0.3, -0.25) is 4.98 Å². The Kier molecular flexibility index (Phi) is 2.91. The zero-order chi connectivity index (χ0) is 11.8.